The number of thioether (sulfide) groups is 1. The van der Waals surface area contributed by atoms with Crippen LogP contribution in [-0.2, 0) is 20.4 Å². The quantitative estimate of drug-likeness (QED) is 0.616. The number of aliphatic carboxylic acids is 1. The largest absolute Gasteiger partial charge is 0.478 e. The number of carboxylic acid groups (broad SMARTS) is 1. The van der Waals surface area contributed by atoms with Crippen molar-refractivity contribution in [3.05, 3.63) is 41.2 Å². The van der Waals surface area contributed by atoms with Gasteiger partial charge in [-0.3, -0.25) is 0 Å². The van der Waals surface area contributed by atoms with Gasteiger partial charge in [-0.05, 0) is 29.3 Å². The third-order valence-corrected chi connectivity index (χ3v) is 4.58. The van der Waals surface area contributed by atoms with Gasteiger partial charge in [-0.2, -0.15) is 11.8 Å². The standard InChI is InChI=1S/C13H15FO4S2/c1-20(17,18)7-6-19-9-11-2-4-12(14)8-10(11)3-5-13(15)16/h2-5,8H,6-7,9H2,1H3,(H,15,16). The van der Waals surface area contributed by atoms with Crippen LogP contribution >= 0.6 is 11.8 Å². The van der Waals surface area contributed by atoms with Gasteiger partial charge in [0.15, 0.2) is 0 Å². The molecular weight excluding hydrogens is 303 g/mol. The molecule has 0 radical (unpaired) electrons. The minimum absolute atomic E-state index is 0.0825. The molecule has 0 fully saturated rings. The summed E-state index contributed by atoms with van der Waals surface area (Å²) in [5.74, 6) is -0.531. The first-order valence-corrected chi connectivity index (χ1v) is 8.94. The second kappa shape index (κ2) is 7.44. The second-order valence-corrected chi connectivity index (χ2v) is 7.56. The Balaban J connectivity index is 2.71. The predicted molar refractivity (Wildman–Crippen MR) is 78.9 cm³/mol. The minimum Gasteiger partial charge on any atom is -0.478 e. The lowest BCUT2D eigenvalue weighted by Crippen LogP contribution is -2.05. The fourth-order valence-corrected chi connectivity index (χ4v) is 3.72. The number of hydrogen-bond donors (Lipinski definition) is 1. The van der Waals surface area contributed by atoms with E-state index in [2.05, 4.69) is 0 Å². The van der Waals surface area contributed by atoms with Crippen molar-refractivity contribution in [2.45, 2.75) is 5.75 Å². The summed E-state index contributed by atoms with van der Waals surface area (Å²) in [7, 11) is -2.99. The zero-order chi connectivity index (χ0) is 15.2. The smallest absolute Gasteiger partial charge is 0.328 e. The molecule has 7 heteroatoms. The van der Waals surface area contributed by atoms with Crippen molar-refractivity contribution in [3.63, 3.8) is 0 Å². The fourth-order valence-electron chi connectivity index (χ4n) is 1.41. The van der Waals surface area contributed by atoms with Crippen molar-refractivity contribution >= 4 is 33.6 Å². The lowest BCUT2D eigenvalue weighted by molar-refractivity contribution is -0.131. The van der Waals surface area contributed by atoms with Crippen LogP contribution in [0.2, 0.25) is 0 Å². The first kappa shape index (κ1) is 16.7. The molecule has 1 N–H and O–H groups in total. The molecule has 0 heterocycles. The van der Waals surface area contributed by atoms with Crippen LogP contribution in [0.4, 0.5) is 4.39 Å². The molecule has 0 atom stereocenters. The van der Waals surface area contributed by atoms with Gasteiger partial charge in [0.05, 0.1) is 5.75 Å². The second-order valence-electron chi connectivity index (χ2n) is 4.20. The van der Waals surface area contributed by atoms with Gasteiger partial charge in [-0.15, -0.1) is 0 Å². The monoisotopic (exact) mass is 318 g/mol. The summed E-state index contributed by atoms with van der Waals surface area (Å²) in [6.45, 7) is 0. The van der Waals surface area contributed by atoms with E-state index in [1.807, 2.05) is 0 Å². The van der Waals surface area contributed by atoms with Gasteiger partial charge in [0, 0.05) is 23.8 Å². The van der Waals surface area contributed by atoms with E-state index in [1.54, 1.807) is 6.07 Å². The highest BCUT2D eigenvalue weighted by Crippen LogP contribution is 2.19. The Morgan fingerprint density at radius 3 is 2.75 bits per heavy atom. The maximum absolute atomic E-state index is 13.1. The van der Waals surface area contributed by atoms with Gasteiger partial charge in [0.25, 0.3) is 0 Å². The lowest BCUT2D eigenvalue weighted by Gasteiger charge is -2.06. The molecule has 4 nitrogen and oxygen atoms in total. The van der Waals surface area contributed by atoms with E-state index in [1.165, 1.54) is 36.2 Å². The van der Waals surface area contributed by atoms with Crippen LogP contribution in [-0.4, -0.2) is 37.3 Å². The van der Waals surface area contributed by atoms with Crippen molar-refractivity contribution in [2.24, 2.45) is 0 Å². The predicted octanol–water partition coefficient (Wildman–Crippen LogP) is 2.20. The number of sulfone groups is 1. The Morgan fingerprint density at radius 2 is 2.15 bits per heavy atom. The molecule has 1 rings (SSSR count). The molecule has 0 bridgehead atoms. The molecule has 0 aliphatic rings. The SMILES string of the molecule is CS(=O)(=O)CCSCc1ccc(F)cc1C=CC(=O)O. The molecule has 0 saturated heterocycles. The van der Waals surface area contributed by atoms with Crippen LogP contribution in [0.5, 0.6) is 0 Å². The van der Waals surface area contributed by atoms with Crippen molar-refractivity contribution in [2.75, 3.05) is 17.8 Å². The lowest BCUT2D eigenvalue weighted by atomic mass is 10.1. The fraction of sp³-hybridized carbons (Fsp3) is 0.308. The molecule has 110 valence electrons. The van der Waals surface area contributed by atoms with Gasteiger partial charge in [-0.25, -0.2) is 17.6 Å². The summed E-state index contributed by atoms with van der Waals surface area (Å²) < 4.78 is 35.1. The highest BCUT2D eigenvalue weighted by molar-refractivity contribution is 7.99. The van der Waals surface area contributed by atoms with E-state index in [4.69, 9.17) is 5.11 Å². The topological polar surface area (TPSA) is 71.4 Å². The van der Waals surface area contributed by atoms with Crippen LogP contribution in [0.3, 0.4) is 0 Å². The van der Waals surface area contributed by atoms with E-state index >= 15 is 0 Å². The maximum atomic E-state index is 13.1. The first-order valence-electron chi connectivity index (χ1n) is 5.73. The van der Waals surface area contributed by atoms with Gasteiger partial charge < -0.3 is 5.11 Å². The molecule has 0 saturated carbocycles. The van der Waals surface area contributed by atoms with Crippen LogP contribution in [0, 0.1) is 5.82 Å². The van der Waals surface area contributed by atoms with E-state index in [9.17, 15) is 17.6 Å². The van der Waals surface area contributed by atoms with Crippen LogP contribution in [0.15, 0.2) is 24.3 Å². The number of halogens is 1. The number of carbonyl (C=O) groups is 1. The summed E-state index contributed by atoms with van der Waals surface area (Å²) >= 11 is 1.40. The summed E-state index contributed by atoms with van der Waals surface area (Å²) in [6, 6.07) is 4.13. The third kappa shape index (κ3) is 6.72. The average Bonchev–Trinajstić information content (AvgIpc) is 2.32. The molecule has 20 heavy (non-hydrogen) atoms. The summed E-state index contributed by atoms with van der Waals surface area (Å²) in [6.07, 6.45) is 3.45. The Labute approximate surface area is 121 Å². The van der Waals surface area contributed by atoms with E-state index in [0.717, 1.165) is 11.6 Å². The Morgan fingerprint density at radius 1 is 1.45 bits per heavy atom. The average molecular weight is 318 g/mol. The van der Waals surface area contributed by atoms with E-state index < -0.39 is 21.6 Å². The Hall–Kier alpha value is -1.34. The van der Waals surface area contributed by atoms with E-state index in [-0.39, 0.29) is 5.75 Å². The summed E-state index contributed by atoms with van der Waals surface area (Å²) in [4.78, 5) is 10.5. The van der Waals surface area contributed by atoms with Crippen molar-refractivity contribution in [1.82, 2.24) is 0 Å². The molecular formula is C13H15FO4S2. The van der Waals surface area contributed by atoms with Crippen molar-refractivity contribution in [1.29, 1.82) is 0 Å². The molecule has 0 spiro atoms. The summed E-state index contributed by atoms with van der Waals surface area (Å²) in [5.41, 5.74) is 1.25. The van der Waals surface area contributed by atoms with Gasteiger partial charge >= 0.3 is 5.97 Å². The molecule has 1 aromatic rings. The number of benzene rings is 1. The molecule has 1 aromatic carbocycles. The van der Waals surface area contributed by atoms with Gasteiger partial charge in [0.2, 0.25) is 0 Å². The van der Waals surface area contributed by atoms with Crippen LogP contribution in [0.1, 0.15) is 11.1 Å². The van der Waals surface area contributed by atoms with Gasteiger partial charge in [0.1, 0.15) is 15.7 Å². The van der Waals surface area contributed by atoms with Crippen molar-refractivity contribution in [3.8, 4) is 0 Å². The zero-order valence-corrected chi connectivity index (χ0v) is 12.5. The van der Waals surface area contributed by atoms with E-state index in [0.29, 0.717) is 17.1 Å². The number of carboxylic acids is 1. The number of rotatable bonds is 7. The minimum atomic E-state index is -2.99. The highest BCUT2D eigenvalue weighted by Gasteiger charge is 2.05. The zero-order valence-electron chi connectivity index (χ0n) is 10.9. The molecule has 0 aromatic heterocycles. The maximum Gasteiger partial charge on any atom is 0.328 e. The molecule has 0 unspecified atom stereocenters. The van der Waals surface area contributed by atoms with Crippen LogP contribution in [0.25, 0.3) is 6.08 Å². The van der Waals surface area contributed by atoms with Crippen LogP contribution < -0.4 is 0 Å². The Bertz CT molecular complexity index is 609. The Kier molecular flexibility index (Phi) is 6.22. The first-order chi connectivity index (χ1) is 9.28. The normalized spacial score (nSPS) is 11.9. The number of hydrogen-bond acceptors (Lipinski definition) is 4. The third-order valence-electron chi connectivity index (χ3n) is 2.37. The highest BCUT2D eigenvalue weighted by atomic mass is 32.2. The molecule has 0 aliphatic carbocycles. The van der Waals surface area contributed by atoms with Gasteiger partial charge in [-0.1, -0.05) is 6.07 Å². The van der Waals surface area contributed by atoms with Crippen molar-refractivity contribution < 1.29 is 22.7 Å². The molecule has 0 amide bonds. The summed E-state index contributed by atoms with van der Waals surface area (Å²) in [5, 5.41) is 8.59. The molecule has 0 aliphatic heterocycles.